The first-order valence-corrected chi connectivity index (χ1v) is 9.84. The van der Waals surface area contributed by atoms with Gasteiger partial charge in [-0.1, -0.05) is 44.0 Å². The fourth-order valence-corrected chi connectivity index (χ4v) is 5.02. The standard InChI is InChI=1S/C16H24ClNO2S/c1-2-16-6-4-3-5-11-18(16)21(19,20)13-15-9-7-14(12-17)8-10-15/h7-10,16H,2-6,11-13H2,1H3. The monoisotopic (exact) mass is 329 g/mol. The van der Waals surface area contributed by atoms with Gasteiger partial charge in [0, 0.05) is 18.5 Å². The molecule has 5 heteroatoms. The molecule has 1 saturated heterocycles. The summed E-state index contributed by atoms with van der Waals surface area (Å²) >= 11 is 5.76. The van der Waals surface area contributed by atoms with Crippen molar-refractivity contribution in [2.45, 2.75) is 56.7 Å². The van der Waals surface area contributed by atoms with Gasteiger partial charge in [-0.15, -0.1) is 11.6 Å². The van der Waals surface area contributed by atoms with Gasteiger partial charge in [-0.05, 0) is 30.4 Å². The summed E-state index contributed by atoms with van der Waals surface area (Å²) in [5.41, 5.74) is 1.85. The number of rotatable bonds is 5. The van der Waals surface area contributed by atoms with E-state index in [4.69, 9.17) is 11.6 Å². The van der Waals surface area contributed by atoms with E-state index in [9.17, 15) is 8.42 Å². The summed E-state index contributed by atoms with van der Waals surface area (Å²) in [6, 6.07) is 7.71. The zero-order chi connectivity index (χ0) is 15.3. The minimum atomic E-state index is -3.24. The van der Waals surface area contributed by atoms with Crippen molar-refractivity contribution in [1.29, 1.82) is 0 Å². The van der Waals surface area contributed by atoms with Gasteiger partial charge in [-0.2, -0.15) is 4.31 Å². The van der Waals surface area contributed by atoms with Crippen LogP contribution >= 0.6 is 11.6 Å². The number of alkyl halides is 1. The van der Waals surface area contributed by atoms with Crippen LogP contribution in [0.3, 0.4) is 0 Å². The lowest BCUT2D eigenvalue weighted by molar-refractivity contribution is 0.314. The topological polar surface area (TPSA) is 37.4 Å². The number of benzene rings is 1. The molecule has 2 rings (SSSR count). The second-order valence-electron chi connectivity index (χ2n) is 5.73. The first-order valence-electron chi connectivity index (χ1n) is 7.70. The summed E-state index contributed by atoms with van der Waals surface area (Å²) < 4.78 is 27.2. The van der Waals surface area contributed by atoms with Crippen LogP contribution in [-0.2, 0) is 21.7 Å². The first-order chi connectivity index (χ1) is 10.1. The number of hydrogen-bond donors (Lipinski definition) is 0. The van der Waals surface area contributed by atoms with E-state index in [2.05, 4.69) is 6.92 Å². The predicted molar refractivity (Wildman–Crippen MR) is 87.9 cm³/mol. The van der Waals surface area contributed by atoms with Crippen LogP contribution in [0.15, 0.2) is 24.3 Å². The van der Waals surface area contributed by atoms with E-state index in [0.717, 1.165) is 43.2 Å². The minimum Gasteiger partial charge on any atom is -0.212 e. The molecule has 0 bridgehead atoms. The lowest BCUT2D eigenvalue weighted by Gasteiger charge is -2.28. The van der Waals surface area contributed by atoms with Crippen LogP contribution in [0.1, 0.15) is 50.2 Å². The van der Waals surface area contributed by atoms with Gasteiger partial charge in [0.15, 0.2) is 0 Å². The molecule has 1 aliphatic rings. The minimum absolute atomic E-state index is 0.0894. The quantitative estimate of drug-likeness (QED) is 0.768. The molecule has 1 atom stereocenters. The van der Waals surface area contributed by atoms with E-state index in [0.29, 0.717) is 12.4 Å². The maximum atomic E-state index is 12.7. The van der Waals surface area contributed by atoms with E-state index in [-0.39, 0.29) is 11.8 Å². The zero-order valence-corrected chi connectivity index (χ0v) is 14.2. The van der Waals surface area contributed by atoms with Gasteiger partial charge >= 0.3 is 0 Å². The van der Waals surface area contributed by atoms with E-state index in [1.807, 2.05) is 24.3 Å². The van der Waals surface area contributed by atoms with Crippen LogP contribution in [0.5, 0.6) is 0 Å². The Morgan fingerprint density at radius 1 is 1.14 bits per heavy atom. The summed E-state index contributed by atoms with van der Waals surface area (Å²) in [5, 5.41) is 0. The highest BCUT2D eigenvalue weighted by molar-refractivity contribution is 7.88. The molecule has 0 aromatic heterocycles. The molecule has 0 radical (unpaired) electrons. The molecule has 1 unspecified atom stereocenters. The Hall–Kier alpha value is -0.580. The molecule has 1 heterocycles. The SMILES string of the molecule is CCC1CCCCCN1S(=O)(=O)Cc1ccc(CCl)cc1. The molecule has 118 valence electrons. The van der Waals surface area contributed by atoms with E-state index < -0.39 is 10.0 Å². The Bertz CT molecular complexity index is 542. The predicted octanol–water partition coefficient (Wildman–Crippen LogP) is 3.91. The third-order valence-corrected chi connectivity index (χ3v) is 6.38. The third-order valence-electron chi connectivity index (χ3n) is 4.18. The van der Waals surface area contributed by atoms with E-state index >= 15 is 0 Å². The van der Waals surface area contributed by atoms with Crippen LogP contribution in [-0.4, -0.2) is 25.3 Å². The van der Waals surface area contributed by atoms with E-state index in [1.165, 1.54) is 0 Å². The van der Waals surface area contributed by atoms with Crippen LogP contribution in [0.2, 0.25) is 0 Å². The Labute approximate surface area is 133 Å². The fraction of sp³-hybridized carbons (Fsp3) is 0.625. The van der Waals surface area contributed by atoms with Crippen LogP contribution in [0.4, 0.5) is 0 Å². The summed E-state index contributed by atoms with van der Waals surface area (Å²) in [6.07, 6.45) is 5.12. The highest BCUT2D eigenvalue weighted by atomic mass is 35.5. The van der Waals surface area contributed by atoms with Gasteiger partial charge in [0.1, 0.15) is 0 Å². The molecule has 3 nitrogen and oxygen atoms in total. The van der Waals surface area contributed by atoms with Gasteiger partial charge in [0.2, 0.25) is 10.0 Å². The van der Waals surface area contributed by atoms with Crippen molar-refractivity contribution in [2.24, 2.45) is 0 Å². The van der Waals surface area contributed by atoms with Crippen molar-refractivity contribution in [2.75, 3.05) is 6.54 Å². The van der Waals surface area contributed by atoms with Crippen molar-refractivity contribution in [3.8, 4) is 0 Å². The molecule has 0 spiro atoms. The van der Waals surface area contributed by atoms with Crippen LogP contribution in [0, 0.1) is 0 Å². The third kappa shape index (κ3) is 4.44. The van der Waals surface area contributed by atoms with Crippen molar-refractivity contribution in [1.82, 2.24) is 4.31 Å². The number of nitrogens with zero attached hydrogens (tertiary/aromatic N) is 1. The highest BCUT2D eigenvalue weighted by Crippen LogP contribution is 2.24. The highest BCUT2D eigenvalue weighted by Gasteiger charge is 2.29. The first kappa shape index (κ1) is 16.8. The lowest BCUT2D eigenvalue weighted by atomic mass is 10.1. The number of halogens is 1. The molecule has 1 aliphatic heterocycles. The second kappa shape index (κ2) is 7.61. The molecule has 1 aromatic rings. The average molecular weight is 330 g/mol. The molecular formula is C16H24ClNO2S. The average Bonchev–Trinajstić information content (AvgIpc) is 2.73. The fourth-order valence-electron chi connectivity index (χ4n) is 2.94. The summed E-state index contributed by atoms with van der Waals surface area (Å²) in [6.45, 7) is 2.74. The molecule has 0 aliphatic carbocycles. The molecule has 21 heavy (non-hydrogen) atoms. The second-order valence-corrected chi connectivity index (χ2v) is 7.92. The maximum absolute atomic E-state index is 12.7. The van der Waals surface area contributed by atoms with Crippen molar-refractivity contribution in [3.63, 3.8) is 0 Å². The number of sulfonamides is 1. The Morgan fingerprint density at radius 2 is 1.81 bits per heavy atom. The molecule has 1 fully saturated rings. The molecular weight excluding hydrogens is 306 g/mol. The van der Waals surface area contributed by atoms with Gasteiger partial charge < -0.3 is 0 Å². The molecule has 0 N–H and O–H groups in total. The molecule has 0 amide bonds. The van der Waals surface area contributed by atoms with Gasteiger partial charge in [0.05, 0.1) is 5.75 Å². The normalized spacial score (nSPS) is 21.1. The van der Waals surface area contributed by atoms with Crippen LogP contribution < -0.4 is 0 Å². The smallest absolute Gasteiger partial charge is 0.212 e. The van der Waals surface area contributed by atoms with Gasteiger partial charge in [-0.3, -0.25) is 0 Å². The van der Waals surface area contributed by atoms with Crippen molar-refractivity contribution in [3.05, 3.63) is 35.4 Å². The Morgan fingerprint density at radius 3 is 2.43 bits per heavy atom. The van der Waals surface area contributed by atoms with E-state index in [1.54, 1.807) is 4.31 Å². The van der Waals surface area contributed by atoms with Gasteiger partial charge in [-0.25, -0.2) is 8.42 Å². The summed E-state index contributed by atoms with van der Waals surface area (Å²) in [7, 11) is -3.24. The van der Waals surface area contributed by atoms with Crippen molar-refractivity contribution < 1.29 is 8.42 Å². The molecule has 0 saturated carbocycles. The molecule has 1 aromatic carbocycles. The maximum Gasteiger partial charge on any atom is 0.218 e. The van der Waals surface area contributed by atoms with Gasteiger partial charge in [0.25, 0.3) is 0 Å². The summed E-state index contributed by atoms with van der Waals surface area (Å²) in [4.78, 5) is 0. The van der Waals surface area contributed by atoms with Crippen LogP contribution in [0.25, 0.3) is 0 Å². The Kier molecular flexibility index (Phi) is 6.08. The van der Waals surface area contributed by atoms with Crippen molar-refractivity contribution >= 4 is 21.6 Å². The number of hydrogen-bond acceptors (Lipinski definition) is 2. The largest absolute Gasteiger partial charge is 0.218 e. The zero-order valence-electron chi connectivity index (χ0n) is 12.6. The Balaban J connectivity index is 2.14. The summed E-state index contributed by atoms with van der Waals surface area (Å²) in [5.74, 6) is 0.545. The lowest BCUT2D eigenvalue weighted by Crippen LogP contribution is -2.40.